The highest BCUT2D eigenvalue weighted by Gasteiger charge is 2.00. The van der Waals surface area contributed by atoms with Crippen LogP contribution in [-0.2, 0) is 6.42 Å². The van der Waals surface area contributed by atoms with Gasteiger partial charge in [0.25, 0.3) is 0 Å². The van der Waals surface area contributed by atoms with Gasteiger partial charge in [0, 0.05) is 0 Å². The van der Waals surface area contributed by atoms with Crippen LogP contribution in [0, 0.1) is 0 Å². The standard InChI is InChI=1S/C11H13FO2/c1-14-11-4-2-3-9(6-11)5-10(7-12)8-13/h2-4,6-7,13H,5,8H2,1H3/b10-7+. The lowest BCUT2D eigenvalue weighted by atomic mass is 10.1. The molecule has 0 saturated carbocycles. The van der Waals surface area contributed by atoms with Gasteiger partial charge in [0.15, 0.2) is 0 Å². The van der Waals surface area contributed by atoms with Gasteiger partial charge in [-0.15, -0.1) is 0 Å². The van der Waals surface area contributed by atoms with Gasteiger partial charge in [-0.05, 0) is 29.7 Å². The van der Waals surface area contributed by atoms with Crippen LogP contribution in [0.3, 0.4) is 0 Å². The van der Waals surface area contributed by atoms with Gasteiger partial charge >= 0.3 is 0 Å². The minimum Gasteiger partial charge on any atom is -0.497 e. The molecule has 14 heavy (non-hydrogen) atoms. The molecule has 0 atom stereocenters. The summed E-state index contributed by atoms with van der Waals surface area (Å²) >= 11 is 0. The summed E-state index contributed by atoms with van der Waals surface area (Å²) < 4.78 is 17.2. The molecule has 0 aromatic heterocycles. The Hall–Kier alpha value is -1.35. The molecule has 1 aromatic carbocycles. The number of aliphatic hydroxyl groups is 1. The van der Waals surface area contributed by atoms with Crippen LogP contribution in [0.25, 0.3) is 0 Å². The van der Waals surface area contributed by atoms with Crippen LogP contribution in [0.5, 0.6) is 5.75 Å². The van der Waals surface area contributed by atoms with E-state index in [1.165, 1.54) is 0 Å². The summed E-state index contributed by atoms with van der Waals surface area (Å²) in [6.45, 7) is -0.256. The van der Waals surface area contributed by atoms with Crippen molar-refractivity contribution in [1.29, 1.82) is 0 Å². The molecule has 1 N–H and O–H groups in total. The van der Waals surface area contributed by atoms with Crippen molar-refractivity contribution in [2.24, 2.45) is 0 Å². The van der Waals surface area contributed by atoms with Gasteiger partial charge in [-0.3, -0.25) is 0 Å². The lowest BCUT2D eigenvalue weighted by Gasteiger charge is -2.04. The predicted octanol–water partition coefficient (Wildman–Crippen LogP) is 2.08. The van der Waals surface area contributed by atoms with Crippen molar-refractivity contribution in [3.05, 3.63) is 41.7 Å². The molecule has 0 fully saturated rings. The third kappa shape index (κ3) is 2.85. The maximum absolute atomic E-state index is 12.2. The number of rotatable bonds is 4. The Balaban J connectivity index is 2.76. The van der Waals surface area contributed by atoms with Crippen molar-refractivity contribution >= 4 is 0 Å². The number of benzene rings is 1. The SMILES string of the molecule is COc1cccc(C/C(=C\F)CO)c1. The van der Waals surface area contributed by atoms with Gasteiger partial charge in [0.1, 0.15) is 5.75 Å². The summed E-state index contributed by atoms with van der Waals surface area (Å²) in [7, 11) is 1.58. The monoisotopic (exact) mass is 196 g/mol. The maximum atomic E-state index is 12.2. The van der Waals surface area contributed by atoms with Crippen molar-refractivity contribution in [1.82, 2.24) is 0 Å². The Morgan fingerprint density at radius 3 is 2.93 bits per heavy atom. The molecule has 1 rings (SSSR count). The van der Waals surface area contributed by atoms with Crippen LogP contribution in [0.1, 0.15) is 5.56 Å². The highest BCUT2D eigenvalue weighted by Crippen LogP contribution is 2.15. The van der Waals surface area contributed by atoms with Gasteiger partial charge in [-0.1, -0.05) is 12.1 Å². The van der Waals surface area contributed by atoms with E-state index in [1.807, 2.05) is 24.3 Å². The average molecular weight is 196 g/mol. The van der Waals surface area contributed by atoms with E-state index in [4.69, 9.17) is 9.84 Å². The summed E-state index contributed by atoms with van der Waals surface area (Å²) in [6.07, 6.45) is 0.851. The number of halogens is 1. The first kappa shape index (κ1) is 10.7. The molecule has 0 bridgehead atoms. The third-order valence-corrected chi connectivity index (χ3v) is 1.92. The summed E-state index contributed by atoms with van der Waals surface area (Å²) in [4.78, 5) is 0. The molecule has 0 aliphatic rings. The molecule has 0 unspecified atom stereocenters. The second-order valence-corrected chi connectivity index (χ2v) is 2.95. The molecular weight excluding hydrogens is 183 g/mol. The first-order valence-corrected chi connectivity index (χ1v) is 4.32. The first-order valence-electron chi connectivity index (χ1n) is 4.32. The number of hydrogen-bond donors (Lipinski definition) is 1. The zero-order valence-electron chi connectivity index (χ0n) is 8.03. The molecule has 76 valence electrons. The number of methoxy groups -OCH3 is 1. The van der Waals surface area contributed by atoms with E-state index in [0.29, 0.717) is 18.3 Å². The van der Waals surface area contributed by atoms with Crippen LogP contribution < -0.4 is 4.74 Å². The van der Waals surface area contributed by atoms with Crippen molar-refractivity contribution < 1.29 is 14.2 Å². The second kappa shape index (κ2) is 5.40. The predicted molar refractivity (Wildman–Crippen MR) is 53.0 cm³/mol. The van der Waals surface area contributed by atoms with Crippen LogP contribution in [0.15, 0.2) is 36.2 Å². The normalized spacial score (nSPS) is 11.5. The van der Waals surface area contributed by atoms with E-state index in [-0.39, 0.29) is 6.61 Å². The molecule has 3 heteroatoms. The van der Waals surface area contributed by atoms with Gasteiger partial charge in [-0.2, -0.15) is 0 Å². The lowest BCUT2D eigenvalue weighted by Crippen LogP contribution is -1.95. The second-order valence-electron chi connectivity index (χ2n) is 2.95. The van der Waals surface area contributed by atoms with Crippen molar-refractivity contribution in [2.45, 2.75) is 6.42 Å². The lowest BCUT2D eigenvalue weighted by molar-refractivity contribution is 0.325. The smallest absolute Gasteiger partial charge is 0.119 e. The van der Waals surface area contributed by atoms with E-state index in [1.54, 1.807) is 7.11 Å². The Bertz CT molecular complexity index is 321. The van der Waals surface area contributed by atoms with Crippen molar-refractivity contribution in [2.75, 3.05) is 13.7 Å². The molecule has 1 aromatic rings. The zero-order chi connectivity index (χ0) is 10.4. The van der Waals surface area contributed by atoms with Crippen molar-refractivity contribution in [3.63, 3.8) is 0 Å². The molecule has 0 amide bonds. The fourth-order valence-electron chi connectivity index (χ4n) is 1.17. The molecule has 0 heterocycles. The fraction of sp³-hybridized carbons (Fsp3) is 0.273. The number of ether oxygens (including phenoxy) is 1. The minimum absolute atomic E-state index is 0.256. The van der Waals surface area contributed by atoms with Crippen LogP contribution >= 0.6 is 0 Å². The van der Waals surface area contributed by atoms with Crippen LogP contribution in [0.2, 0.25) is 0 Å². The number of aliphatic hydroxyl groups excluding tert-OH is 1. The molecule has 2 nitrogen and oxygen atoms in total. The molecule has 0 aliphatic carbocycles. The fourth-order valence-corrected chi connectivity index (χ4v) is 1.17. The van der Waals surface area contributed by atoms with Gasteiger partial charge in [0.05, 0.1) is 20.0 Å². The van der Waals surface area contributed by atoms with E-state index >= 15 is 0 Å². The Morgan fingerprint density at radius 1 is 1.57 bits per heavy atom. The van der Waals surface area contributed by atoms with Gasteiger partial charge in [-0.25, -0.2) is 4.39 Å². The highest BCUT2D eigenvalue weighted by atomic mass is 19.1. The van der Waals surface area contributed by atoms with Gasteiger partial charge in [0.2, 0.25) is 0 Å². The molecule has 0 aliphatic heterocycles. The molecular formula is C11H13FO2. The van der Waals surface area contributed by atoms with Crippen LogP contribution in [0.4, 0.5) is 4.39 Å². The zero-order valence-corrected chi connectivity index (χ0v) is 8.03. The van der Waals surface area contributed by atoms with Crippen LogP contribution in [-0.4, -0.2) is 18.8 Å². The maximum Gasteiger partial charge on any atom is 0.119 e. The van der Waals surface area contributed by atoms with E-state index in [9.17, 15) is 4.39 Å². The van der Waals surface area contributed by atoms with Crippen molar-refractivity contribution in [3.8, 4) is 5.75 Å². The van der Waals surface area contributed by atoms with Gasteiger partial charge < -0.3 is 9.84 Å². The summed E-state index contributed by atoms with van der Waals surface area (Å²) in [6, 6.07) is 7.34. The Morgan fingerprint density at radius 2 is 2.36 bits per heavy atom. The third-order valence-electron chi connectivity index (χ3n) is 1.92. The van der Waals surface area contributed by atoms with E-state index < -0.39 is 0 Å². The number of hydrogen-bond acceptors (Lipinski definition) is 2. The quantitative estimate of drug-likeness (QED) is 0.798. The summed E-state index contributed by atoms with van der Waals surface area (Å²) in [5.74, 6) is 0.735. The Labute approximate surface area is 82.6 Å². The highest BCUT2D eigenvalue weighted by molar-refractivity contribution is 5.31. The largest absolute Gasteiger partial charge is 0.497 e. The molecule has 0 saturated heterocycles. The molecule has 0 spiro atoms. The average Bonchev–Trinajstić information content (AvgIpc) is 2.26. The molecule has 0 radical (unpaired) electrons. The summed E-state index contributed by atoms with van der Waals surface area (Å²) in [5, 5.41) is 8.77. The van der Waals surface area contributed by atoms with E-state index in [2.05, 4.69) is 0 Å². The minimum atomic E-state index is -0.256. The topological polar surface area (TPSA) is 29.5 Å². The first-order chi connectivity index (χ1) is 6.80. The summed E-state index contributed by atoms with van der Waals surface area (Å²) in [5.41, 5.74) is 1.28. The Kier molecular flexibility index (Phi) is 4.13. The van der Waals surface area contributed by atoms with E-state index in [0.717, 1.165) is 11.3 Å².